The lowest BCUT2D eigenvalue weighted by molar-refractivity contribution is 0.312. The Morgan fingerprint density at radius 3 is 2.79 bits per heavy atom. The molecule has 1 N–H and O–H groups in total. The molecule has 1 aromatic carbocycles. The molecule has 2 rings (SSSR count). The Balaban J connectivity index is 1.68. The Labute approximate surface area is 113 Å². The summed E-state index contributed by atoms with van der Waals surface area (Å²) in [5, 5.41) is 7.50. The van der Waals surface area contributed by atoms with E-state index in [9.17, 15) is 0 Å². The summed E-state index contributed by atoms with van der Waals surface area (Å²) in [6.45, 7) is 6.31. The van der Waals surface area contributed by atoms with E-state index in [-0.39, 0.29) is 0 Å². The molecule has 1 heterocycles. The van der Waals surface area contributed by atoms with Gasteiger partial charge in [0.1, 0.15) is 24.5 Å². The zero-order valence-electron chi connectivity index (χ0n) is 11.4. The van der Waals surface area contributed by atoms with Crippen LogP contribution in [0.2, 0.25) is 0 Å². The van der Waals surface area contributed by atoms with E-state index in [2.05, 4.69) is 29.2 Å². The average molecular weight is 260 g/mol. The van der Waals surface area contributed by atoms with Gasteiger partial charge >= 0.3 is 0 Å². The van der Waals surface area contributed by atoms with Gasteiger partial charge in [-0.2, -0.15) is 5.10 Å². The summed E-state index contributed by atoms with van der Waals surface area (Å²) >= 11 is 0. The number of benzene rings is 1. The van der Waals surface area contributed by atoms with Crippen molar-refractivity contribution >= 4 is 0 Å². The predicted octanol–water partition coefficient (Wildman–Crippen LogP) is 2.03. The predicted molar refractivity (Wildman–Crippen MR) is 74.1 cm³/mol. The summed E-state index contributed by atoms with van der Waals surface area (Å²) in [5.41, 5.74) is 0. The number of aromatic nitrogens is 3. The van der Waals surface area contributed by atoms with E-state index in [0.717, 1.165) is 18.1 Å². The zero-order chi connectivity index (χ0) is 13.5. The summed E-state index contributed by atoms with van der Waals surface area (Å²) in [6.07, 6.45) is 1.59. The highest BCUT2D eigenvalue weighted by atomic mass is 16.5. The number of nitrogens with one attached hydrogen (secondary N) is 1. The van der Waals surface area contributed by atoms with Gasteiger partial charge in [0.05, 0.1) is 6.54 Å². The Morgan fingerprint density at radius 1 is 1.26 bits per heavy atom. The van der Waals surface area contributed by atoms with Gasteiger partial charge in [0.15, 0.2) is 0 Å². The Morgan fingerprint density at radius 2 is 2.05 bits per heavy atom. The highest BCUT2D eigenvalue weighted by Gasteiger charge is 2.06. The van der Waals surface area contributed by atoms with Gasteiger partial charge in [-0.1, -0.05) is 18.2 Å². The van der Waals surface area contributed by atoms with Gasteiger partial charge in [-0.15, -0.1) is 0 Å². The second-order valence-corrected chi connectivity index (χ2v) is 4.55. The van der Waals surface area contributed by atoms with Crippen molar-refractivity contribution in [1.29, 1.82) is 0 Å². The third-order valence-corrected chi connectivity index (χ3v) is 2.71. The number of ether oxygens (including phenoxy) is 1. The minimum atomic E-state index is 0.333. The van der Waals surface area contributed by atoms with Crippen LogP contribution in [0.25, 0.3) is 0 Å². The van der Waals surface area contributed by atoms with Crippen LogP contribution < -0.4 is 10.1 Å². The van der Waals surface area contributed by atoms with Crippen molar-refractivity contribution in [2.45, 2.75) is 26.4 Å². The average Bonchev–Trinajstić information content (AvgIpc) is 2.88. The monoisotopic (exact) mass is 260 g/mol. The van der Waals surface area contributed by atoms with Crippen LogP contribution in [0, 0.1) is 0 Å². The van der Waals surface area contributed by atoms with Crippen LogP contribution in [0.15, 0.2) is 36.7 Å². The van der Waals surface area contributed by atoms with Crippen LogP contribution in [0.5, 0.6) is 5.75 Å². The maximum absolute atomic E-state index is 5.60. The number of hydrogen-bond acceptors (Lipinski definition) is 4. The Hall–Kier alpha value is -1.88. The van der Waals surface area contributed by atoms with E-state index in [0.29, 0.717) is 19.2 Å². The van der Waals surface area contributed by atoms with Crippen molar-refractivity contribution in [3.8, 4) is 5.75 Å². The maximum atomic E-state index is 5.60. The second kappa shape index (κ2) is 6.89. The van der Waals surface area contributed by atoms with Crippen LogP contribution in [0.1, 0.15) is 25.7 Å². The summed E-state index contributed by atoms with van der Waals surface area (Å²) in [5.74, 6) is 1.85. The third kappa shape index (κ3) is 4.06. The van der Waals surface area contributed by atoms with Gasteiger partial charge in [-0.3, -0.25) is 0 Å². The largest absolute Gasteiger partial charge is 0.492 e. The minimum Gasteiger partial charge on any atom is -0.492 e. The molecule has 0 saturated carbocycles. The number of rotatable bonds is 7. The molecule has 102 valence electrons. The van der Waals surface area contributed by atoms with Crippen molar-refractivity contribution < 1.29 is 4.74 Å². The molecular formula is C14H20N4O. The first-order chi connectivity index (χ1) is 9.27. The Kier molecular flexibility index (Phi) is 4.92. The molecule has 2 aromatic rings. The molecule has 0 aliphatic carbocycles. The third-order valence-electron chi connectivity index (χ3n) is 2.71. The lowest BCUT2D eigenvalue weighted by Gasteiger charge is -2.10. The number of nitrogens with zero attached hydrogens (tertiary/aromatic N) is 3. The van der Waals surface area contributed by atoms with Gasteiger partial charge < -0.3 is 10.1 Å². The lowest BCUT2D eigenvalue weighted by atomic mass is 10.3. The highest BCUT2D eigenvalue weighted by molar-refractivity contribution is 5.20. The molecule has 0 amide bonds. The summed E-state index contributed by atoms with van der Waals surface area (Å²) in [7, 11) is 0. The van der Waals surface area contributed by atoms with Gasteiger partial charge in [0, 0.05) is 12.6 Å². The smallest absolute Gasteiger partial charge is 0.141 e. The fourth-order valence-corrected chi connectivity index (χ4v) is 1.79. The van der Waals surface area contributed by atoms with Crippen molar-refractivity contribution in [3.63, 3.8) is 0 Å². The molecule has 0 saturated heterocycles. The Bertz CT molecular complexity index is 481. The molecule has 0 unspecified atom stereocenters. The topological polar surface area (TPSA) is 52.0 Å². The van der Waals surface area contributed by atoms with Crippen molar-refractivity contribution in [3.05, 3.63) is 42.5 Å². The minimum absolute atomic E-state index is 0.333. The summed E-state index contributed by atoms with van der Waals surface area (Å²) in [4.78, 5) is 4.24. The number of hydrogen-bond donors (Lipinski definition) is 1. The van der Waals surface area contributed by atoms with Gasteiger partial charge in [0.2, 0.25) is 0 Å². The highest BCUT2D eigenvalue weighted by Crippen LogP contribution is 2.07. The van der Waals surface area contributed by atoms with Crippen molar-refractivity contribution in [2.75, 3.05) is 13.2 Å². The quantitative estimate of drug-likeness (QED) is 0.774. The molecule has 1 aromatic heterocycles. The van der Waals surface area contributed by atoms with E-state index < -0.39 is 0 Å². The first-order valence-electron chi connectivity index (χ1n) is 6.54. The van der Waals surface area contributed by atoms with Gasteiger partial charge in [-0.25, -0.2) is 9.67 Å². The van der Waals surface area contributed by atoms with Crippen LogP contribution in [0.3, 0.4) is 0 Å². The number of para-hydroxylation sites is 1. The summed E-state index contributed by atoms with van der Waals surface area (Å²) in [6, 6.07) is 10.1. The van der Waals surface area contributed by atoms with Crippen molar-refractivity contribution in [1.82, 2.24) is 20.1 Å². The molecule has 0 fully saturated rings. The molecule has 5 nitrogen and oxygen atoms in total. The standard InChI is InChI=1S/C14H20N4O/c1-12(2)18-14(16-11-17-18)10-15-8-9-19-13-6-4-3-5-7-13/h3-7,11-12,15H,8-10H2,1-2H3. The fourth-order valence-electron chi connectivity index (χ4n) is 1.79. The van der Waals surface area contributed by atoms with Gasteiger partial charge in [-0.05, 0) is 26.0 Å². The van der Waals surface area contributed by atoms with Gasteiger partial charge in [0.25, 0.3) is 0 Å². The van der Waals surface area contributed by atoms with E-state index in [1.165, 1.54) is 0 Å². The van der Waals surface area contributed by atoms with E-state index in [1.54, 1.807) is 6.33 Å². The molecule has 0 bridgehead atoms. The first-order valence-corrected chi connectivity index (χ1v) is 6.54. The second-order valence-electron chi connectivity index (χ2n) is 4.55. The fraction of sp³-hybridized carbons (Fsp3) is 0.429. The molecule has 19 heavy (non-hydrogen) atoms. The van der Waals surface area contributed by atoms with Crippen LogP contribution in [0.4, 0.5) is 0 Å². The summed E-state index contributed by atoms with van der Waals surface area (Å²) < 4.78 is 7.52. The molecule has 0 radical (unpaired) electrons. The zero-order valence-corrected chi connectivity index (χ0v) is 11.4. The van der Waals surface area contributed by atoms with E-state index in [4.69, 9.17) is 4.74 Å². The lowest BCUT2D eigenvalue weighted by Crippen LogP contribution is -2.23. The molecule has 0 aliphatic rings. The molecule has 5 heteroatoms. The maximum Gasteiger partial charge on any atom is 0.141 e. The molecule has 0 spiro atoms. The van der Waals surface area contributed by atoms with Crippen LogP contribution in [-0.2, 0) is 6.54 Å². The normalized spacial score (nSPS) is 10.9. The first kappa shape index (κ1) is 13.5. The van der Waals surface area contributed by atoms with E-state index in [1.807, 2.05) is 35.0 Å². The molecule has 0 atom stereocenters. The van der Waals surface area contributed by atoms with Crippen LogP contribution in [-0.4, -0.2) is 27.9 Å². The van der Waals surface area contributed by atoms with Crippen molar-refractivity contribution in [2.24, 2.45) is 0 Å². The van der Waals surface area contributed by atoms with E-state index >= 15 is 0 Å². The van der Waals surface area contributed by atoms with Crippen LogP contribution >= 0.6 is 0 Å². The molecular weight excluding hydrogens is 240 g/mol. The SMILES string of the molecule is CC(C)n1ncnc1CNCCOc1ccccc1. The molecule has 0 aliphatic heterocycles.